The Balaban J connectivity index is 6.54. The van der Waals surface area contributed by atoms with Gasteiger partial charge < -0.3 is 61.6 Å². The van der Waals surface area contributed by atoms with Crippen LogP contribution in [0.15, 0.2) is 0 Å². The van der Waals surface area contributed by atoms with Gasteiger partial charge in [0.1, 0.15) is 89.5 Å². The summed E-state index contributed by atoms with van der Waals surface area (Å²) in [6.07, 6.45) is -5.59. The third kappa shape index (κ3) is 41.8. The molecule has 0 spiro atoms. The Morgan fingerprint density at radius 3 is 0.492 bits per heavy atom. The standard InChI is InChI=1S/C34H62F8O21/c35-55-9-1-43-17-29(18-44-2-10-56-36)51-25-33(26-52-30(19-45-3-11-57-37)20-46-4-12-58-38)63-34(27-53-31(21-47-5-13-59-39)22-48-6-14-60-40)28-54-32(23-49-7-15-61-41)24-50-8-16-62-42/h29-34H,1-28H2. The molecule has 0 bridgehead atoms. The van der Waals surface area contributed by atoms with E-state index in [1.54, 1.807) is 0 Å². The second-order valence-corrected chi connectivity index (χ2v) is 12.3. The molecule has 0 N–H and O–H groups in total. The summed E-state index contributed by atoms with van der Waals surface area (Å²) in [7, 11) is 0. The molecule has 29 heteroatoms. The summed E-state index contributed by atoms with van der Waals surface area (Å²) in [5.41, 5.74) is 0. The number of hydrogen-bond acceptors (Lipinski definition) is 21. The largest absolute Gasteiger partial charge is 0.376 e. The van der Waals surface area contributed by atoms with E-state index in [1.165, 1.54) is 0 Å². The van der Waals surface area contributed by atoms with Crippen molar-refractivity contribution >= 4 is 0 Å². The minimum absolute atomic E-state index is 0.161. The van der Waals surface area contributed by atoms with Gasteiger partial charge in [-0.05, 0) is 36.2 Å². The van der Waals surface area contributed by atoms with Gasteiger partial charge in [-0.15, -0.1) is 0 Å². The molecule has 63 heavy (non-hydrogen) atoms. The minimum Gasteiger partial charge on any atom is -0.376 e. The zero-order valence-corrected chi connectivity index (χ0v) is 34.9. The maximum atomic E-state index is 12.3. The quantitative estimate of drug-likeness (QED) is 0.0638. The van der Waals surface area contributed by atoms with Gasteiger partial charge in [-0.25, -0.2) is 0 Å². The summed E-state index contributed by atoms with van der Waals surface area (Å²) < 4.78 is 172. The molecule has 0 aliphatic heterocycles. The van der Waals surface area contributed by atoms with E-state index in [1.807, 2.05) is 0 Å². The molecule has 0 fully saturated rings. The Morgan fingerprint density at radius 2 is 0.349 bits per heavy atom. The van der Waals surface area contributed by atoms with Crippen molar-refractivity contribution in [2.45, 2.75) is 36.6 Å². The summed E-state index contributed by atoms with van der Waals surface area (Å²) in [6.45, 7) is -6.92. The zero-order chi connectivity index (χ0) is 46.1. The van der Waals surface area contributed by atoms with Crippen LogP contribution in [-0.2, 0) is 101 Å². The Bertz CT molecular complexity index is 722. The lowest BCUT2D eigenvalue weighted by atomic mass is 10.3. The molecule has 0 rings (SSSR count). The molecule has 0 heterocycles. The van der Waals surface area contributed by atoms with Gasteiger partial charge in [-0.1, -0.05) is 0 Å². The fourth-order valence-electron chi connectivity index (χ4n) is 4.52. The van der Waals surface area contributed by atoms with E-state index in [-0.39, 0.29) is 185 Å². The van der Waals surface area contributed by atoms with Crippen LogP contribution in [0.1, 0.15) is 0 Å². The summed E-state index contributed by atoms with van der Waals surface area (Å²) in [5, 5.41) is 0. The van der Waals surface area contributed by atoms with Crippen LogP contribution in [0.2, 0.25) is 0 Å². The van der Waals surface area contributed by atoms with Crippen molar-refractivity contribution in [2.75, 3.05) is 185 Å². The summed E-state index contributed by atoms with van der Waals surface area (Å²) in [4.78, 5) is 28.2. The third-order valence-corrected chi connectivity index (χ3v) is 7.32. The molecule has 0 saturated carbocycles. The number of rotatable bonds is 54. The highest BCUT2D eigenvalue weighted by molar-refractivity contribution is 4.70. The molecular formula is C34H62F8O21. The zero-order valence-electron chi connectivity index (χ0n) is 34.9. The molecule has 0 aromatic carbocycles. The van der Waals surface area contributed by atoms with Gasteiger partial charge >= 0.3 is 0 Å². The van der Waals surface area contributed by atoms with Gasteiger partial charge in [0.05, 0.1) is 132 Å². The van der Waals surface area contributed by atoms with Gasteiger partial charge in [-0.3, -0.25) is 0 Å². The molecule has 0 radical (unpaired) electrons. The lowest BCUT2D eigenvalue weighted by Crippen LogP contribution is -2.42. The van der Waals surface area contributed by atoms with Gasteiger partial charge in [0, 0.05) is 0 Å². The van der Waals surface area contributed by atoms with E-state index in [9.17, 15) is 36.2 Å². The minimum atomic E-state index is -1.05. The smallest absolute Gasteiger partial charge is 0.111 e. The number of ether oxygens (including phenoxy) is 13. The van der Waals surface area contributed by atoms with E-state index < -0.39 is 36.6 Å². The molecular weight excluding hydrogens is 896 g/mol. The van der Waals surface area contributed by atoms with Crippen LogP contribution in [0.5, 0.6) is 0 Å². The lowest BCUT2D eigenvalue weighted by Gasteiger charge is -2.30. The van der Waals surface area contributed by atoms with Crippen LogP contribution in [0.4, 0.5) is 36.2 Å². The van der Waals surface area contributed by atoms with Gasteiger partial charge in [0.2, 0.25) is 0 Å². The van der Waals surface area contributed by atoms with Gasteiger partial charge in [0.25, 0.3) is 0 Å². The second-order valence-electron chi connectivity index (χ2n) is 12.3. The van der Waals surface area contributed by atoms with Crippen LogP contribution in [0.3, 0.4) is 0 Å². The summed E-state index contributed by atoms with van der Waals surface area (Å²) >= 11 is 0. The first-order valence-corrected chi connectivity index (χ1v) is 19.6. The lowest BCUT2D eigenvalue weighted by molar-refractivity contribution is -0.190. The fraction of sp³-hybridized carbons (Fsp3) is 1.00. The average Bonchev–Trinajstić information content (AvgIpc) is 3.29. The first-order chi connectivity index (χ1) is 31.0. The van der Waals surface area contributed by atoms with Gasteiger partial charge in [0.15, 0.2) is 0 Å². The SMILES string of the molecule is FOCCOCC(COCCOF)OCC(COC(COCCOF)COCCOF)OC(COC(COCCOF)COCCOF)COC(COCCOF)COCCOF. The molecule has 0 saturated heterocycles. The molecule has 0 unspecified atom stereocenters. The summed E-state index contributed by atoms with van der Waals surface area (Å²) in [6, 6.07) is 0. The van der Waals surface area contributed by atoms with Crippen molar-refractivity contribution in [3.63, 3.8) is 0 Å². The average molecular weight is 959 g/mol. The van der Waals surface area contributed by atoms with Crippen LogP contribution < -0.4 is 0 Å². The Hall–Kier alpha value is -1.40. The number of hydrogen-bond donors (Lipinski definition) is 0. The second kappa shape index (κ2) is 50.0. The fourth-order valence-corrected chi connectivity index (χ4v) is 4.52. The van der Waals surface area contributed by atoms with E-state index in [0.717, 1.165) is 0 Å². The van der Waals surface area contributed by atoms with Crippen molar-refractivity contribution in [2.24, 2.45) is 0 Å². The maximum absolute atomic E-state index is 12.3. The van der Waals surface area contributed by atoms with Crippen LogP contribution in [0.25, 0.3) is 0 Å². The van der Waals surface area contributed by atoms with Crippen LogP contribution in [0, 0.1) is 0 Å². The van der Waals surface area contributed by atoms with Crippen molar-refractivity contribution in [3.8, 4) is 0 Å². The topological polar surface area (TPSA) is 194 Å². The highest BCUT2D eigenvalue weighted by Crippen LogP contribution is 2.12. The highest BCUT2D eigenvalue weighted by Gasteiger charge is 2.26. The molecule has 21 nitrogen and oxygen atoms in total. The molecule has 0 aromatic rings. The van der Waals surface area contributed by atoms with Crippen LogP contribution >= 0.6 is 0 Å². The third-order valence-electron chi connectivity index (χ3n) is 7.32. The molecule has 380 valence electrons. The van der Waals surface area contributed by atoms with E-state index in [4.69, 9.17) is 61.6 Å². The van der Waals surface area contributed by atoms with Crippen molar-refractivity contribution < 1.29 is 137 Å². The Morgan fingerprint density at radius 1 is 0.190 bits per heavy atom. The normalized spacial score (nSPS) is 12.3. The highest BCUT2D eigenvalue weighted by atomic mass is 19.3. The van der Waals surface area contributed by atoms with E-state index in [0.29, 0.717) is 0 Å². The molecule has 0 aliphatic carbocycles. The maximum Gasteiger partial charge on any atom is 0.111 e. The first kappa shape index (κ1) is 61.6. The van der Waals surface area contributed by atoms with Crippen molar-refractivity contribution in [1.82, 2.24) is 0 Å². The van der Waals surface area contributed by atoms with Gasteiger partial charge in [-0.2, -0.15) is 39.5 Å². The summed E-state index contributed by atoms with van der Waals surface area (Å²) in [5.74, 6) is 0. The molecule has 0 amide bonds. The molecule has 0 aromatic heterocycles. The molecule has 0 atom stereocenters. The first-order valence-electron chi connectivity index (χ1n) is 19.6. The van der Waals surface area contributed by atoms with E-state index in [2.05, 4.69) is 39.5 Å². The Kier molecular flexibility index (Phi) is 48.9. The van der Waals surface area contributed by atoms with E-state index >= 15 is 0 Å². The molecule has 0 aliphatic rings. The van der Waals surface area contributed by atoms with Crippen molar-refractivity contribution in [3.05, 3.63) is 0 Å². The predicted octanol–water partition coefficient (Wildman–Crippen LogP) is 2.62. The van der Waals surface area contributed by atoms with Crippen LogP contribution in [-0.4, -0.2) is 222 Å². The predicted molar refractivity (Wildman–Crippen MR) is 191 cm³/mol. The van der Waals surface area contributed by atoms with Crippen molar-refractivity contribution in [1.29, 1.82) is 0 Å². The monoisotopic (exact) mass is 958 g/mol. The Labute approximate surface area is 359 Å². The number of halogens is 8.